The number of benzene rings is 2. The van der Waals surface area contributed by atoms with Crippen molar-refractivity contribution in [2.75, 3.05) is 19.7 Å². The van der Waals surface area contributed by atoms with E-state index in [2.05, 4.69) is 100 Å². The average Bonchev–Trinajstić information content (AvgIpc) is 3.82. The van der Waals surface area contributed by atoms with Crippen LogP contribution >= 0.6 is 11.3 Å². The van der Waals surface area contributed by atoms with Gasteiger partial charge in [0.05, 0.1) is 18.6 Å². The smallest absolute Gasteiger partial charge is 0.240 e. The molecule has 1 aliphatic heterocycles. The summed E-state index contributed by atoms with van der Waals surface area (Å²) in [6.07, 6.45) is 10.4. The van der Waals surface area contributed by atoms with Gasteiger partial charge in [0.15, 0.2) is 11.6 Å². The number of amides is 1. The minimum atomic E-state index is -0.370. The van der Waals surface area contributed by atoms with Crippen molar-refractivity contribution >= 4 is 17.2 Å². The van der Waals surface area contributed by atoms with Gasteiger partial charge in [-0.2, -0.15) is 5.21 Å². The first-order valence-electron chi connectivity index (χ1n) is 17.8. The highest BCUT2D eigenvalue weighted by atomic mass is 32.1. The Labute approximate surface area is 299 Å². The Balaban J connectivity index is 1.06. The van der Waals surface area contributed by atoms with E-state index >= 15 is 0 Å². The second-order valence-electron chi connectivity index (χ2n) is 14.1. The summed E-state index contributed by atoms with van der Waals surface area (Å²) >= 11 is 1.80. The molecule has 0 aliphatic carbocycles. The molecule has 50 heavy (non-hydrogen) atoms. The predicted octanol–water partition coefficient (Wildman–Crippen LogP) is 7.36. The van der Waals surface area contributed by atoms with Crippen LogP contribution in [0.5, 0.6) is 5.75 Å². The van der Waals surface area contributed by atoms with Crippen molar-refractivity contribution in [3.63, 3.8) is 0 Å². The van der Waals surface area contributed by atoms with E-state index in [1.165, 1.54) is 35.4 Å². The molecule has 0 saturated carbocycles. The second-order valence-corrected chi connectivity index (χ2v) is 15.3. The molecule has 0 bridgehead atoms. The number of ether oxygens (including phenoxy) is 1. The van der Waals surface area contributed by atoms with Crippen LogP contribution in [0.2, 0.25) is 0 Å². The number of H-pyrrole nitrogens is 1. The van der Waals surface area contributed by atoms with Gasteiger partial charge in [-0.3, -0.25) is 4.79 Å². The molecule has 262 valence electrons. The van der Waals surface area contributed by atoms with E-state index in [1.54, 1.807) is 11.3 Å². The number of aromatic amines is 1. The molecule has 1 fully saturated rings. The van der Waals surface area contributed by atoms with Crippen LogP contribution in [-0.2, 0) is 23.2 Å². The monoisotopic (exact) mass is 692 g/mol. The van der Waals surface area contributed by atoms with Gasteiger partial charge in [0.1, 0.15) is 5.75 Å². The van der Waals surface area contributed by atoms with Crippen LogP contribution in [0.4, 0.5) is 0 Å². The fourth-order valence-corrected chi connectivity index (χ4v) is 7.04. The molecule has 1 unspecified atom stereocenters. The number of thiophene rings is 1. The average molecular weight is 693 g/mol. The van der Waals surface area contributed by atoms with E-state index < -0.39 is 0 Å². The number of nitrogens with one attached hydrogen (secondary N) is 2. The first-order chi connectivity index (χ1) is 24.3. The molecule has 6 rings (SSSR count). The minimum absolute atomic E-state index is 0.0855. The van der Waals surface area contributed by atoms with Crippen molar-refractivity contribution in [2.45, 2.75) is 90.1 Å². The number of carbonyl (C=O) groups is 1. The number of hydrogen-bond acceptors (Lipinski definition) is 9. The van der Waals surface area contributed by atoms with Crippen LogP contribution in [0.3, 0.4) is 0 Å². The van der Waals surface area contributed by atoms with Crippen LogP contribution in [0.1, 0.15) is 86.9 Å². The lowest BCUT2D eigenvalue weighted by Crippen LogP contribution is -2.56. The van der Waals surface area contributed by atoms with Gasteiger partial charge < -0.3 is 15.0 Å². The summed E-state index contributed by atoms with van der Waals surface area (Å²) in [5.74, 6) is 2.40. The summed E-state index contributed by atoms with van der Waals surface area (Å²) in [6, 6.07) is 20.3. The van der Waals surface area contributed by atoms with Crippen molar-refractivity contribution in [1.82, 2.24) is 40.8 Å². The fraction of sp³-hybridized carbons (Fsp3) is 0.436. The van der Waals surface area contributed by atoms with E-state index in [4.69, 9.17) is 4.74 Å². The van der Waals surface area contributed by atoms with Gasteiger partial charge in [-0.05, 0) is 53.6 Å². The molecule has 0 radical (unpaired) electrons. The lowest BCUT2D eigenvalue weighted by atomic mass is 9.95. The number of carbonyl (C=O) groups excluding carboxylic acids is 1. The quantitative estimate of drug-likeness (QED) is 0.103. The third-order valence-electron chi connectivity index (χ3n) is 9.15. The number of unbranched alkanes of at least 4 members (excludes halogenated alkanes) is 4. The molecule has 4 heterocycles. The summed E-state index contributed by atoms with van der Waals surface area (Å²) in [7, 11) is 0. The number of tetrazole rings is 1. The van der Waals surface area contributed by atoms with E-state index in [9.17, 15) is 4.79 Å². The Hall–Kier alpha value is -4.48. The highest BCUT2D eigenvalue weighted by Gasteiger charge is 2.37. The molecular weight excluding hydrogens is 645 g/mol. The first kappa shape index (κ1) is 35.3. The standard InChI is InChI=1S/C39H48N8O2S/c1-5-6-7-8-9-20-49-32-16-14-28(15-17-32)30-22-41-36(42-23-30)29-12-10-27(11-13-29)21-34(40-24-33-18-19-35(50-33)39(2,3)4)38(48)47-25-31(26-47)37-43-45-46-44-37/h10-19,22-23,31,34,40H,5-9,20-21,24-26H2,1-4H3,(H,43,44,45,46). The Kier molecular flexibility index (Phi) is 11.7. The van der Waals surface area contributed by atoms with Crippen molar-refractivity contribution in [2.24, 2.45) is 0 Å². The molecule has 0 spiro atoms. The highest BCUT2D eigenvalue weighted by molar-refractivity contribution is 7.12. The third kappa shape index (κ3) is 9.19. The molecule has 10 nitrogen and oxygen atoms in total. The molecule has 2 aromatic carbocycles. The second kappa shape index (κ2) is 16.5. The molecule has 2 N–H and O–H groups in total. The molecule has 5 aromatic rings. The van der Waals surface area contributed by atoms with E-state index in [0.29, 0.717) is 37.7 Å². The fourth-order valence-electron chi connectivity index (χ4n) is 6.02. The molecule has 3 aromatic heterocycles. The number of likely N-dealkylation sites (tertiary alicyclic amines) is 1. The van der Waals surface area contributed by atoms with Gasteiger partial charge >= 0.3 is 0 Å². The van der Waals surface area contributed by atoms with Gasteiger partial charge in [-0.1, -0.05) is 95.0 Å². The Morgan fingerprint density at radius 1 is 0.940 bits per heavy atom. The SMILES string of the molecule is CCCCCCCOc1ccc(-c2cnc(-c3ccc(CC(NCc4ccc(C(C)(C)C)s4)C(=O)N4CC(c5nn[nH]n5)C4)cc3)nc2)cc1. The molecular formula is C39H48N8O2S. The largest absolute Gasteiger partial charge is 0.494 e. The lowest BCUT2D eigenvalue weighted by molar-refractivity contribution is -0.138. The summed E-state index contributed by atoms with van der Waals surface area (Å²) in [5, 5.41) is 18.0. The van der Waals surface area contributed by atoms with Crippen LogP contribution in [0, 0.1) is 0 Å². The first-order valence-corrected chi connectivity index (χ1v) is 18.6. The third-order valence-corrected chi connectivity index (χ3v) is 10.7. The van der Waals surface area contributed by atoms with Crippen LogP contribution in [0.15, 0.2) is 73.1 Å². The summed E-state index contributed by atoms with van der Waals surface area (Å²) in [6.45, 7) is 11.5. The van der Waals surface area contributed by atoms with Gasteiger partial charge in [-0.15, -0.1) is 21.5 Å². The van der Waals surface area contributed by atoms with Crippen LogP contribution < -0.4 is 10.1 Å². The maximum Gasteiger partial charge on any atom is 0.240 e. The normalized spacial score (nSPS) is 14.0. The molecule has 1 saturated heterocycles. The zero-order valence-corrected chi connectivity index (χ0v) is 30.4. The maximum atomic E-state index is 13.8. The van der Waals surface area contributed by atoms with Gasteiger partial charge in [0.2, 0.25) is 5.91 Å². The molecule has 1 amide bonds. The summed E-state index contributed by atoms with van der Waals surface area (Å²) < 4.78 is 5.92. The molecule has 1 aliphatic rings. The van der Waals surface area contributed by atoms with Crippen molar-refractivity contribution < 1.29 is 9.53 Å². The van der Waals surface area contributed by atoms with Crippen molar-refractivity contribution in [1.29, 1.82) is 0 Å². The molecule has 1 atom stereocenters. The Morgan fingerprint density at radius 3 is 2.32 bits per heavy atom. The molecule has 11 heteroatoms. The maximum absolute atomic E-state index is 13.8. The van der Waals surface area contributed by atoms with E-state index in [-0.39, 0.29) is 23.3 Å². The number of nitrogens with zero attached hydrogens (tertiary/aromatic N) is 6. The zero-order chi connectivity index (χ0) is 34.9. The van der Waals surface area contributed by atoms with Crippen molar-refractivity contribution in [3.8, 4) is 28.3 Å². The highest BCUT2D eigenvalue weighted by Crippen LogP contribution is 2.30. The van der Waals surface area contributed by atoms with Gasteiger partial charge in [0.25, 0.3) is 0 Å². The summed E-state index contributed by atoms with van der Waals surface area (Å²) in [4.78, 5) is 27.5. The number of rotatable bonds is 16. The lowest BCUT2D eigenvalue weighted by Gasteiger charge is -2.39. The Bertz CT molecular complexity index is 1780. The van der Waals surface area contributed by atoms with Crippen LogP contribution in [-0.4, -0.2) is 67.1 Å². The van der Waals surface area contributed by atoms with Gasteiger partial charge in [0, 0.05) is 52.9 Å². The Morgan fingerprint density at radius 2 is 1.66 bits per heavy atom. The minimum Gasteiger partial charge on any atom is -0.494 e. The van der Waals surface area contributed by atoms with E-state index in [1.807, 2.05) is 41.6 Å². The van der Waals surface area contributed by atoms with Crippen LogP contribution in [0.25, 0.3) is 22.5 Å². The topological polar surface area (TPSA) is 122 Å². The number of aromatic nitrogens is 6. The predicted molar refractivity (Wildman–Crippen MR) is 198 cm³/mol. The van der Waals surface area contributed by atoms with E-state index in [0.717, 1.165) is 41.0 Å². The van der Waals surface area contributed by atoms with Crippen molar-refractivity contribution in [3.05, 3.63) is 94.2 Å². The zero-order valence-electron chi connectivity index (χ0n) is 29.6. The summed E-state index contributed by atoms with van der Waals surface area (Å²) in [5.41, 5.74) is 4.10. The van der Waals surface area contributed by atoms with Gasteiger partial charge in [-0.25, -0.2) is 9.97 Å². The number of hydrogen-bond donors (Lipinski definition) is 2.